The van der Waals surface area contributed by atoms with Crippen LogP contribution in [0.25, 0.3) is 5.57 Å². The summed E-state index contributed by atoms with van der Waals surface area (Å²) in [6.45, 7) is 11.0. The smallest absolute Gasteiger partial charge is 0.408 e. The number of carbonyl (C=O) groups excluding carboxylic acids is 1. The van der Waals surface area contributed by atoms with Gasteiger partial charge in [0.2, 0.25) is 0 Å². The monoisotopic (exact) mass is 359 g/mol. The lowest BCUT2D eigenvalue weighted by molar-refractivity contribution is 0.0427. The van der Waals surface area contributed by atoms with Crippen LogP contribution >= 0.6 is 0 Å². The molecule has 0 aliphatic heterocycles. The van der Waals surface area contributed by atoms with Gasteiger partial charge in [-0.2, -0.15) is 0 Å². The highest BCUT2D eigenvalue weighted by Gasteiger charge is 2.25. The highest BCUT2D eigenvalue weighted by molar-refractivity contribution is 5.72. The molecule has 1 amide bonds. The molecule has 0 aromatic carbocycles. The second kappa shape index (κ2) is 9.89. The van der Waals surface area contributed by atoms with Crippen LogP contribution in [-0.2, 0) is 4.74 Å². The van der Waals surface area contributed by atoms with E-state index in [1.807, 2.05) is 25.2 Å². The van der Waals surface area contributed by atoms with Crippen molar-refractivity contribution < 1.29 is 14.6 Å². The van der Waals surface area contributed by atoms with Crippen molar-refractivity contribution in [2.24, 2.45) is 5.73 Å². The summed E-state index contributed by atoms with van der Waals surface area (Å²) >= 11 is 0. The summed E-state index contributed by atoms with van der Waals surface area (Å²) in [7, 11) is 0. The summed E-state index contributed by atoms with van der Waals surface area (Å²) in [6, 6.07) is 2.87. The van der Waals surface area contributed by atoms with Crippen molar-refractivity contribution in [3.8, 4) is 0 Å². The Morgan fingerprint density at radius 2 is 2.15 bits per heavy atom. The lowest BCUT2D eigenvalue weighted by Gasteiger charge is -2.26. The first-order chi connectivity index (χ1) is 12.2. The van der Waals surface area contributed by atoms with Crippen molar-refractivity contribution in [3.05, 3.63) is 60.5 Å². The van der Waals surface area contributed by atoms with E-state index in [1.54, 1.807) is 45.2 Å². The van der Waals surface area contributed by atoms with Gasteiger partial charge in [0.25, 0.3) is 0 Å². The van der Waals surface area contributed by atoms with E-state index in [9.17, 15) is 9.90 Å². The Hall–Kier alpha value is -2.44. The fraction of sp³-hybridized carbons (Fsp3) is 0.400. The van der Waals surface area contributed by atoms with Crippen LogP contribution in [0.4, 0.5) is 4.79 Å². The van der Waals surface area contributed by atoms with Crippen molar-refractivity contribution in [1.29, 1.82) is 0 Å². The van der Waals surface area contributed by atoms with Crippen molar-refractivity contribution in [3.63, 3.8) is 0 Å². The molecule has 0 aliphatic rings. The van der Waals surface area contributed by atoms with Gasteiger partial charge in [-0.05, 0) is 39.3 Å². The predicted molar refractivity (Wildman–Crippen MR) is 104 cm³/mol. The second-order valence-electron chi connectivity index (χ2n) is 6.77. The Morgan fingerprint density at radius 1 is 1.46 bits per heavy atom. The molecule has 2 atom stereocenters. The Kier molecular flexibility index (Phi) is 8.22. The van der Waals surface area contributed by atoms with E-state index in [1.165, 1.54) is 0 Å². The van der Waals surface area contributed by atoms with Gasteiger partial charge in [0.15, 0.2) is 0 Å². The molecule has 1 aromatic rings. The van der Waals surface area contributed by atoms with Crippen LogP contribution in [0.1, 0.15) is 45.1 Å². The molecular formula is C20H29N3O3. The molecule has 1 heterocycles. The first-order valence-corrected chi connectivity index (χ1v) is 8.51. The fourth-order valence-corrected chi connectivity index (χ4v) is 2.24. The number of amides is 1. The van der Waals surface area contributed by atoms with E-state index in [4.69, 9.17) is 10.5 Å². The maximum Gasteiger partial charge on any atom is 0.408 e. The van der Waals surface area contributed by atoms with Gasteiger partial charge in [0, 0.05) is 18.3 Å². The van der Waals surface area contributed by atoms with E-state index in [-0.39, 0.29) is 6.54 Å². The molecule has 0 saturated heterocycles. The maximum absolute atomic E-state index is 11.9. The van der Waals surface area contributed by atoms with Gasteiger partial charge in [0.05, 0.1) is 11.7 Å². The Balaban J connectivity index is 2.90. The van der Waals surface area contributed by atoms with Crippen LogP contribution in [-0.4, -0.2) is 34.4 Å². The number of alkyl carbamates (subject to hydrolysis) is 1. The number of aliphatic hydroxyl groups is 1. The summed E-state index contributed by atoms with van der Waals surface area (Å²) in [5.41, 5.74) is 7.29. The molecule has 6 heteroatoms. The predicted octanol–water partition coefficient (Wildman–Crippen LogP) is 3.11. The largest absolute Gasteiger partial charge is 0.444 e. The van der Waals surface area contributed by atoms with E-state index in [2.05, 4.69) is 16.9 Å². The number of aliphatic hydroxyl groups excluding tert-OH is 1. The third-order valence-electron chi connectivity index (χ3n) is 3.40. The SMILES string of the molecule is C=C/C=C(\C=C/C)c1ccc(C(O)C(CN)NC(=O)OC(C)(C)C)cn1. The summed E-state index contributed by atoms with van der Waals surface area (Å²) in [4.78, 5) is 16.3. The summed E-state index contributed by atoms with van der Waals surface area (Å²) in [5.74, 6) is 0. The summed E-state index contributed by atoms with van der Waals surface area (Å²) in [5, 5.41) is 13.1. The van der Waals surface area contributed by atoms with Gasteiger partial charge in [-0.25, -0.2) is 4.79 Å². The number of hydrogen-bond acceptors (Lipinski definition) is 5. The number of allylic oxidation sites excluding steroid dienone is 5. The average molecular weight is 359 g/mol. The Labute approximate surface area is 155 Å². The van der Waals surface area contributed by atoms with Crippen molar-refractivity contribution in [2.75, 3.05) is 6.54 Å². The van der Waals surface area contributed by atoms with E-state index < -0.39 is 23.8 Å². The zero-order chi connectivity index (χ0) is 19.7. The van der Waals surface area contributed by atoms with Crippen LogP contribution < -0.4 is 11.1 Å². The second-order valence-corrected chi connectivity index (χ2v) is 6.77. The van der Waals surface area contributed by atoms with Crippen LogP contribution in [0.2, 0.25) is 0 Å². The van der Waals surface area contributed by atoms with E-state index >= 15 is 0 Å². The Morgan fingerprint density at radius 3 is 2.62 bits per heavy atom. The molecule has 0 spiro atoms. The third-order valence-corrected chi connectivity index (χ3v) is 3.40. The number of nitrogens with two attached hydrogens (primary N) is 1. The lowest BCUT2D eigenvalue weighted by Crippen LogP contribution is -2.46. The Bertz CT molecular complexity index is 658. The molecule has 0 radical (unpaired) electrons. The van der Waals surface area contributed by atoms with E-state index in [0.29, 0.717) is 5.56 Å². The number of rotatable bonds is 7. The minimum atomic E-state index is -0.998. The van der Waals surface area contributed by atoms with Crippen molar-refractivity contribution in [2.45, 2.75) is 45.4 Å². The van der Waals surface area contributed by atoms with Crippen LogP contribution in [0, 0.1) is 0 Å². The number of hydrogen-bond donors (Lipinski definition) is 3. The average Bonchev–Trinajstić information content (AvgIpc) is 2.57. The molecule has 2 unspecified atom stereocenters. The minimum Gasteiger partial charge on any atom is -0.444 e. The van der Waals surface area contributed by atoms with Crippen LogP contribution in [0.5, 0.6) is 0 Å². The zero-order valence-electron chi connectivity index (χ0n) is 15.9. The van der Waals surface area contributed by atoms with Crippen molar-refractivity contribution in [1.82, 2.24) is 10.3 Å². The van der Waals surface area contributed by atoms with Gasteiger partial charge in [-0.1, -0.05) is 36.9 Å². The number of carbonyl (C=O) groups is 1. The summed E-state index contributed by atoms with van der Waals surface area (Å²) in [6.07, 6.45) is 7.32. The molecule has 4 N–H and O–H groups in total. The van der Waals surface area contributed by atoms with Gasteiger partial charge in [-0.3, -0.25) is 4.98 Å². The molecule has 0 aliphatic carbocycles. The highest BCUT2D eigenvalue weighted by Crippen LogP contribution is 2.20. The minimum absolute atomic E-state index is 0.0579. The number of nitrogens with zero attached hydrogens (tertiary/aromatic N) is 1. The molecule has 0 bridgehead atoms. The fourth-order valence-electron chi connectivity index (χ4n) is 2.24. The number of ether oxygens (including phenoxy) is 1. The number of pyridine rings is 1. The van der Waals surface area contributed by atoms with Gasteiger partial charge >= 0.3 is 6.09 Å². The lowest BCUT2D eigenvalue weighted by atomic mass is 10.0. The number of aromatic nitrogens is 1. The topological polar surface area (TPSA) is 97.5 Å². The third kappa shape index (κ3) is 6.82. The van der Waals surface area contributed by atoms with Gasteiger partial charge < -0.3 is 20.9 Å². The number of nitrogens with one attached hydrogen (secondary N) is 1. The summed E-state index contributed by atoms with van der Waals surface area (Å²) < 4.78 is 5.20. The molecular weight excluding hydrogens is 330 g/mol. The molecule has 1 aromatic heterocycles. The standard InChI is InChI=1S/C20H29N3O3/c1-6-8-14(9-7-2)16-11-10-15(13-22-16)18(24)17(12-21)23-19(25)26-20(3,4)5/h6-11,13,17-18,24H,1,12,21H2,2-5H3,(H,23,25)/b9-7-,14-8+. The molecule has 26 heavy (non-hydrogen) atoms. The van der Waals surface area contributed by atoms with Crippen molar-refractivity contribution >= 4 is 11.7 Å². The molecule has 0 saturated carbocycles. The molecule has 1 rings (SSSR count). The molecule has 142 valence electrons. The molecule has 0 fully saturated rings. The van der Waals surface area contributed by atoms with Crippen LogP contribution in [0.3, 0.4) is 0 Å². The van der Waals surface area contributed by atoms with E-state index in [0.717, 1.165) is 11.3 Å². The van der Waals surface area contributed by atoms with Gasteiger partial charge in [0.1, 0.15) is 11.7 Å². The maximum atomic E-state index is 11.9. The first kappa shape index (κ1) is 21.6. The first-order valence-electron chi connectivity index (χ1n) is 8.51. The van der Waals surface area contributed by atoms with Crippen LogP contribution in [0.15, 0.2) is 49.2 Å². The highest BCUT2D eigenvalue weighted by atomic mass is 16.6. The molecule has 6 nitrogen and oxygen atoms in total. The van der Waals surface area contributed by atoms with Gasteiger partial charge in [-0.15, -0.1) is 0 Å². The zero-order valence-corrected chi connectivity index (χ0v) is 15.9. The normalized spacial score (nSPS) is 14.8. The quantitative estimate of drug-likeness (QED) is 0.650.